The van der Waals surface area contributed by atoms with Crippen LogP contribution in [-0.4, -0.2) is 26.5 Å². The Hall–Kier alpha value is -3.41. The van der Waals surface area contributed by atoms with Gasteiger partial charge in [0.2, 0.25) is 4.77 Å². The van der Waals surface area contributed by atoms with Gasteiger partial charge < -0.3 is 10.6 Å². The summed E-state index contributed by atoms with van der Waals surface area (Å²) in [6.07, 6.45) is -4.74. The van der Waals surface area contributed by atoms with E-state index in [9.17, 15) is 23.3 Å². The van der Waals surface area contributed by atoms with Gasteiger partial charge in [-0.25, -0.2) is 4.68 Å². The maximum Gasteiger partial charge on any atom is 0.416 e. The molecular formula is C16H12F3N5O3S. The molecule has 0 amide bonds. The molecular weight excluding hydrogens is 399 g/mol. The van der Waals surface area contributed by atoms with Crippen molar-refractivity contribution < 1.29 is 22.8 Å². The molecule has 1 heterocycles. The zero-order valence-corrected chi connectivity index (χ0v) is 15.0. The third-order valence-electron chi connectivity index (χ3n) is 3.89. The molecule has 0 aliphatic rings. The summed E-state index contributed by atoms with van der Waals surface area (Å²) in [6.45, 7) is 0. The monoisotopic (exact) mass is 411 g/mol. The normalized spacial score (nSPS) is 11.4. The van der Waals surface area contributed by atoms with Gasteiger partial charge >= 0.3 is 6.18 Å². The number of nitrogen functional groups attached to an aromatic ring is 1. The summed E-state index contributed by atoms with van der Waals surface area (Å²) in [5.41, 5.74) is -1.77. The summed E-state index contributed by atoms with van der Waals surface area (Å²) in [4.78, 5) is 10.4. The van der Waals surface area contributed by atoms with E-state index in [0.717, 1.165) is 15.4 Å². The van der Waals surface area contributed by atoms with Gasteiger partial charge in [0.25, 0.3) is 5.69 Å². The van der Waals surface area contributed by atoms with Crippen LogP contribution < -0.4 is 10.6 Å². The fourth-order valence-corrected chi connectivity index (χ4v) is 2.80. The van der Waals surface area contributed by atoms with Gasteiger partial charge in [0.15, 0.2) is 5.82 Å². The minimum absolute atomic E-state index is 0.122. The number of para-hydroxylation sites is 1. The van der Waals surface area contributed by atoms with Crippen molar-refractivity contribution in [3.05, 3.63) is 62.9 Å². The average molecular weight is 411 g/mol. The lowest BCUT2D eigenvalue weighted by Gasteiger charge is -2.08. The lowest BCUT2D eigenvalue weighted by molar-refractivity contribution is -0.384. The second kappa shape index (κ2) is 6.96. The molecule has 0 fully saturated rings. The van der Waals surface area contributed by atoms with Crippen molar-refractivity contribution in [2.45, 2.75) is 6.18 Å². The zero-order valence-electron chi connectivity index (χ0n) is 14.2. The van der Waals surface area contributed by atoms with E-state index in [1.165, 1.54) is 7.11 Å². The van der Waals surface area contributed by atoms with Crippen LogP contribution in [0.25, 0.3) is 17.1 Å². The van der Waals surface area contributed by atoms with Crippen LogP contribution in [0, 0.1) is 14.9 Å². The number of nitro benzene ring substituents is 1. The van der Waals surface area contributed by atoms with Gasteiger partial charge in [-0.1, -0.05) is 12.1 Å². The molecule has 12 heteroatoms. The number of alkyl halides is 3. The number of rotatable bonds is 4. The van der Waals surface area contributed by atoms with Crippen molar-refractivity contribution in [3.8, 4) is 22.8 Å². The predicted octanol–water partition coefficient (Wildman–Crippen LogP) is 3.72. The molecule has 0 unspecified atom stereocenters. The average Bonchev–Trinajstić information content (AvgIpc) is 2.95. The Bertz CT molecular complexity index is 1120. The molecule has 0 atom stereocenters. The van der Waals surface area contributed by atoms with Crippen LogP contribution in [0.4, 0.5) is 18.9 Å². The Balaban J connectivity index is 2.24. The van der Waals surface area contributed by atoms with Crippen molar-refractivity contribution >= 4 is 17.9 Å². The number of nitro groups is 1. The van der Waals surface area contributed by atoms with Gasteiger partial charge in [-0.2, -0.15) is 17.9 Å². The molecule has 2 N–H and O–H groups in total. The van der Waals surface area contributed by atoms with Crippen molar-refractivity contribution in [1.82, 2.24) is 14.5 Å². The molecule has 28 heavy (non-hydrogen) atoms. The number of nitrogens with zero attached hydrogens (tertiary/aromatic N) is 4. The van der Waals surface area contributed by atoms with Crippen LogP contribution in [0.3, 0.4) is 0 Å². The number of hydrogen-bond donors (Lipinski definition) is 1. The van der Waals surface area contributed by atoms with E-state index in [1.54, 1.807) is 24.3 Å². The highest BCUT2D eigenvalue weighted by atomic mass is 32.1. The highest BCUT2D eigenvalue weighted by Crippen LogP contribution is 2.35. The number of halogens is 3. The minimum Gasteiger partial charge on any atom is -0.496 e. The Morgan fingerprint density at radius 3 is 2.54 bits per heavy atom. The molecule has 0 saturated carbocycles. The molecule has 0 saturated heterocycles. The number of benzene rings is 2. The summed E-state index contributed by atoms with van der Waals surface area (Å²) >= 11 is 5.18. The number of methoxy groups -OCH3 is 1. The van der Waals surface area contributed by atoms with E-state index in [2.05, 4.69) is 5.10 Å². The van der Waals surface area contributed by atoms with E-state index in [4.69, 9.17) is 22.8 Å². The Labute approximate surface area is 160 Å². The summed E-state index contributed by atoms with van der Waals surface area (Å²) in [6, 6.07) is 8.77. The zero-order chi connectivity index (χ0) is 20.6. The quantitative estimate of drug-likeness (QED) is 0.304. The first-order valence-electron chi connectivity index (χ1n) is 7.61. The molecule has 0 aliphatic carbocycles. The summed E-state index contributed by atoms with van der Waals surface area (Å²) < 4.78 is 45.8. The first kappa shape index (κ1) is 19.4. The summed E-state index contributed by atoms with van der Waals surface area (Å²) in [7, 11) is 1.44. The first-order valence-corrected chi connectivity index (χ1v) is 8.02. The van der Waals surface area contributed by atoms with Crippen LogP contribution in [0.5, 0.6) is 5.75 Å². The van der Waals surface area contributed by atoms with E-state index in [-0.39, 0.29) is 16.3 Å². The predicted molar refractivity (Wildman–Crippen MR) is 96.2 cm³/mol. The van der Waals surface area contributed by atoms with Crippen molar-refractivity contribution in [2.24, 2.45) is 0 Å². The molecule has 2 aromatic carbocycles. The smallest absolute Gasteiger partial charge is 0.416 e. The van der Waals surface area contributed by atoms with Crippen molar-refractivity contribution in [1.29, 1.82) is 0 Å². The maximum absolute atomic E-state index is 12.9. The van der Waals surface area contributed by atoms with Gasteiger partial charge in [-0.05, 0) is 36.5 Å². The van der Waals surface area contributed by atoms with Gasteiger partial charge in [-0.3, -0.25) is 10.1 Å². The second-order valence-corrected chi connectivity index (χ2v) is 5.91. The number of aromatic nitrogens is 3. The second-order valence-electron chi connectivity index (χ2n) is 5.55. The summed E-state index contributed by atoms with van der Waals surface area (Å²) in [5, 5.41) is 15.5. The van der Waals surface area contributed by atoms with E-state index in [1.807, 2.05) is 0 Å². The molecule has 0 radical (unpaired) electrons. The van der Waals surface area contributed by atoms with Crippen LogP contribution in [0.2, 0.25) is 0 Å². The van der Waals surface area contributed by atoms with Crippen molar-refractivity contribution in [3.63, 3.8) is 0 Å². The SMILES string of the molecule is COc1ccccc1-c1nn(-c2ccc(C(F)(F)F)cc2[N+](=O)[O-])c(=S)n1N. The van der Waals surface area contributed by atoms with E-state index < -0.39 is 22.4 Å². The molecule has 146 valence electrons. The molecule has 3 rings (SSSR count). The van der Waals surface area contributed by atoms with E-state index in [0.29, 0.717) is 23.4 Å². The molecule has 1 aromatic heterocycles. The minimum atomic E-state index is -4.74. The third kappa shape index (κ3) is 3.29. The molecule has 3 aromatic rings. The lowest BCUT2D eigenvalue weighted by atomic mass is 10.1. The number of ether oxygens (including phenoxy) is 1. The fraction of sp³-hybridized carbons (Fsp3) is 0.125. The fourth-order valence-electron chi connectivity index (χ4n) is 2.57. The third-order valence-corrected chi connectivity index (χ3v) is 4.26. The van der Waals surface area contributed by atoms with Crippen molar-refractivity contribution in [2.75, 3.05) is 13.0 Å². The largest absolute Gasteiger partial charge is 0.496 e. The van der Waals surface area contributed by atoms with Gasteiger partial charge in [0.05, 0.1) is 23.2 Å². The maximum atomic E-state index is 12.9. The molecule has 0 aliphatic heterocycles. The highest BCUT2D eigenvalue weighted by molar-refractivity contribution is 7.71. The number of nitrogens with two attached hydrogens (primary N) is 1. The topological polar surface area (TPSA) is 101 Å². The first-order chi connectivity index (χ1) is 13.1. The molecule has 0 bridgehead atoms. The summed E-state index contributed by atoms with van der Waals surface area (Å²) in [5.74, 6) is 6.49. The van der Waals surface area contributed by atoms with E-state index >= 15 is 0 Å². The van der Waals surface area contributed by atoms with Crippen LogP contribution >= 0.6 is 12.2 Å². The standard InChI is InChI=1S/C16H12F3N5O3S/c1-27-13-5-3-2-4-10(13)14-21-23(15(28)22(14)20)11-7-6-9(16(17,18)19)8-12(11)24(25)26/h2-8H,20H2,1H3. The molecule has 0 spiro atoms. The Morgan fingerprint density at radius 1 is 1.25 bits per heavy atom. The number of hydrogen-bond acceptors (Lipinski definition) is 6. The molecule has 8 nitrogen and oxygen atoms in total. The Kier molecular flexibility index (Phi) is 4.81. The van der Waals surface area contributed by atoms with Crippen LogP contribution in [0.1, 0.15) is 5.56 Å². The lowest BCUT2D eigenvalue weighted by Crippen LogP contribution is -2.11. The van der Waals surface area contributed by atoms with Crippen LogP contribution in [0.15, 0.2) is 42.5 Å². The Morgan fingerprint density at radius 2 is 1.93 bits per heavy atom. The van der Waals surface area contributed by atoms with Crippen LogP contribution in [-0.2, 0) is 6.18 Å². The van der Waals surface area contributed by atoms with Gasteiger partial charge in [-0.15, -0.1) is 5.10 Å². The van der Waals surface area contributed by atoms with Gasteiger partial charge in [0, 0.05) is 6.07 Å². The van der Waals surface area contributed by atoms with Gasteiger partial charge in [0.1, 0.15) is 11.4 Å². The highest BCUT2D eigenvalue weighted by Gasteiger charge is 2.33.